The lowest BCUT2D eigenvalue weighted by atomic mass is 10.3. The largest absolute Gasteiger partial charge is 0.444 e. The lowest BCUT2D eigenvalue weighted by Gasteiger charge is -2.09. The fourth-order valence-corrected chi connectivity index (χ4v) is 1.27. The van der Waals surface area contributed by atoms with Crippen molar-refractivity contribution in [2.75, 3.05) is 11.1 Å². The van der Waals surface area contributed by atoms with E-state index in [0.29, 0.717) is 17.7 Å². The molecule has 2 rings (SSSR count). The molecule has 0 saturated heterocycles. The molecule has 6 heteroatoms. The van der Waals surface area contributed by atoms with E-state index >= 15 is 0 Å². The van der Waals surface area contributed by atoms with Gasteiger partial charge in [0.1, 0.15) is 17.6 Å². The first kappa shape index (κ1) is 10.4. The van der Waals surface area contributed by atoms with Gasteiger partial charge in [0.05, 0.1) is 6.20 Å². The van der Waals surface area contributed by atoms with Crippen LogP contribution in [-0.4, -0.2) is 15.0 Å². The van der Waals surface area contributed by atoms with Crippen molar-refractivity contribution in [2.45, 2.75) is 19.9 Å². The standard InChI is InChI=1S/C10H13N5O/c1-6-5-13-9(16-6)7(2)14-10-12-4-3-8(11)15-10/h3-5,7H,1-2H3,(H3,11,12,14,15). The van der Waals surface area contributed by atoms with Gasteiger partial charge in [-0.15, -0.1) is 0 Å². The zero-order chi connectivity index (χ0) is 11.5. The van der Waals surface area contributed by atoms with E-state index in [4.69, 9.17) is 10.2 Å². The maximum Gasteiger partial charge on any atom is 0.225 e. The van der Waals surface area contributed by atoms with Gasteiger partial charge in [0.25, 0.3) is 0 Å². The fraction of sp³-hybridized carbons (Fsp3) is 0.300. The smallest absolute Gasteiger partial charge is 0.225 e. The highest BCUT2D eigenvalue weighted by Crippen LogP contribution is 2.16. The van der Waals surface area contributed by atoms with Gasteiger partial charge in [-0.1, -0.05) is 0 Å². The predicted molar refractivity (Wildman–Crippen MR) is 59.7 cm³/mol. The maximum atomic E-state index is 5.55. The summed E-state index contributed by atoms with van der Waals surface area (Å²) in [6.07, 6.45) is 3.27. The lowest BCUT2D eigenvalue weighted by Crippen LogP contribution is -2.10. The van der Waals surface area contributed by atoms with Crippen LogP contribution in [0.25, 0.3) is 0 Å². The van der Waals surface area contributed by atoms with Crippen LogP contribution >= 0.6 is 0 Å². The topological polar surface area (TPSA) is 89.9 Å². The van der Waals surface area contributed by atoms with Crippen LogP contribution in [0, 0.1) is 6.92 Å². The number of oxazole rings is 1. The van der Waals surface area contributed by atoms with Crippen molar-refractivity contribution in [3.8, 4) is 0 Å². The van der Waals surface area contributed by atoms with E-state index in [9.17, 15) is 0 Å². The molecule has 0 aliphatic heterocycles. The van der Waals surface area contributed by atoms with Gasteiger partial charge in [-0.25, -0.2) is 9.97 Å². The molecule has 0 saturated carbocycles. The molecule has 0 fully saturated rings. The molecule has 16 heavy (non-hydrogen) atoms. The molecule has 2 aromatic heterocycles. The number of nitrogens with zero attached hydrogens (tertiary/aromatic N) is 3. The number of aryl methyl sites for hydroxylation is 1. The van der Waals surface area contributed by atoms with Crippen LogP contribution in [0.2, 0.25) is 0 Å². The molecule has 0 spiro atoms. The van der Waals surface area contributed by atoms with Gasteiger partial charge < -0.3 is 15.5 Å². The van der Waals surface area contributed by atoms with Gasteiger partial charge in [-0.05, 0) is 19.9 Å². The van der Waals surface area contributed by atoms with E-state index < -0.39 is 0 Å². The van der Waals surface area contributed by atoms with Crippen LogP contribution in [-0.2, 0) is 0 Å². The second-order valence-corrected chi connectivity index (χ2v) is 3.48. The molecule has 0 radical (unpaired) electrons. The molecule has 84 valence electrons. The third-order valence-corrected chi connectivity index (χ3v) is 2.03. The quantitative estimate of drug-likeness (QED) is 0.813. The highest BCUT2D eigenvalue weighted by atomic mass is 16.4. The van der Waals surface area contributed by atoms with Crippen molar-refractivity contribution in [3.05, 3.63) is 30.1 Å². The Hall–Kier alpha value is -2.11. The van der Waals surface area contributed by atoms with Gasteiger partial charge in [-0.2, -0.15) is 4.98 Å². The molecule has 1 unspecified atom stereocenters. The minimum absolute atomic E-state index is 0.101. The average molecular weight is 219 g/mol. The SMILES string of the molecule is Cc1cnc(C(C)Nc2nccc(N)n2)o1. The first-order valence-corrected chi connectivity index (χ1v) is 4.92. The minimum atomic E-state index is -0.101. The number of hydrogen-bond donors (Lipinski definition) is 2. The average Bonchev–Trinajstić information content (AvgIpc) is 2.65. The van der Waals surface area contributed by atoms with Crippen LogP contribution in [0.4, 0.5) is 11.8 Å². The Morgan fingerprint density at radius 2 is 2.25 bits per heavy atom. The summed E-state index contributed by atoms with van der Waals surface area (Å²) in [6.45, 7) is 3.76. The molecule has 0 amide bonds. The molecule has 1 atom stereocenters. The molecular formula is C10H13N5O. The number of nitrogens with one attached hydrogen (secondary N) is 1. The summed E-state index contributed by atoms with van der Waals surface area (Å²) < 4.78 is 5.39. The summed E-state index contributed by atoms with van der Waals surface area (Å²) in [5, 5.41) is 3.05. The van der Waals surface area contributed by atoms with Crippen molar-refractivity contribution >= 4 is 11.8 Å². The number of hydrogen-bond acceptors (Lipinski definition) is 6. The predicted octanol–water partition coefficient (Wildman–Crippen LogP) is 1.53. The first-order chi connectivity index (χ1) is 7.65. The van der Waals surface area contributed by atoms with Crippen molar-refractivity contribution in [1.82, 2.24) is 15.0 Å². The van der Waals surface area contributed by atoms with Gasteiger partial charge >= 0.3 is 0 Å². The Morgan fingerprint density at radius 1 is 1.44 bits per heavy atom. The van der Waals surface area contributed by atoms with E-state index in [1.807, 2.05) is 13.8 Å². The van der Waals surface area contributed by atoms with Crippen molar-refractivity contribution < 1.29 is 4.42 Å². The number of aromatic nitrogens is 3. The molecule has 6 nitrogen and oxygen atoms in total. The second-order valence-electron chi connectivity index (χ2n) is 3.48. The van der Waals surface area contributed by atoms with E-state index in [-0.39, 0.29) is 6.04 Å². The van der Waals surface area contributed by atoms with Crippen molar-refractivity contribution in [3.63, 3.8) is 0 Å². The van der Waals surface area contributed by atoms with Crippen LogP contribution in [0.5, 0.6) is 0 Å². The Kier molecular flexibility index (Phi) is 2.72. The zero-order valence-electron chi connectivity index (χ0n) is 9.14. The summed E-state index contributed by atoms with van der Waals surface area (Å²) in [6, 6.07) is 1.53. The van der Waals surface area contributed by atoms with Crippen LogP contribution in [0.3, 0.4) is 0 Å². The summed E-state index contributed by atoms with van der Waals surface area (Å²) in [4.78, 5) is 12.2. The normalized spacial score (nSPS) is 12.4. The van der Waals surface area contributed by atoms with E-state index in [2.05, 4.69) is 20.3 Å². The molecule has 0 aromatic carbocycles. The summed E-state index contributed by atoms with van der Waals surface area (Å²) in [5.41, 5.74) is 5.55. The summed E-state index contributed by atoms with van der Waals surface area (Å²) >= 11 is 0. The highest BCUT2D eigenvalue weighted by molar-refractivity contribution is 5.36. The van der Waals surface area contributed by atoms with Gasteiger partial charge in [0.2, 0.25) is 11.8 Å². The molecular weight excluding hydrogens is 206 g/mol. The fourth-order valence-electron chi connectivity index (χ4n) is 1.27. The zero-order valence-corrected chi connectivity index (χ0v) is 9.14. The Balaban J connectivity index is 2.10. The van der Waals surface area contributed by atoms with E-state index in [1.165, 1.54) is 0 Å². The number of rotatable bonds is 3. The Morgan fingerprint density at radius 3 is 2.88 bits per heavy atom. The summed E-state index contributed by atoms with van der Waals surface area (Å²) in [5.74, 6) is 2.26. The van der Waals surface area contributed by atoms with E-state index in [1.54, 1.807) is 18.5 Å². The van der Waals surface area contributed by atoms with Crippen LogP contribution in [0.15, 0.2) is 22.9 Å². The van der Waals surface area contributed by atoms with Crippen LogP contribution < -0.4 is 11.1 Å². The van der Waals surface area contributed by atoms with Gasteiger partial charge in [0, 0.05) is 6.20 Å². The molecule has 3 N–H and O–H groups in total. The van der Waals surface area contributed by atoms with Crippen molar-refractivity contribution in [1.29, 1.82) is 0 Å². The maximum absolute atomic E-state index is 5.55. The molecule has 0 aliphatic rings. The third-order valence-electron chi connectivity index (χ3n) is 2.03. The van der Waals surface area contributed by atoms with Gasteiger partial charge in [-0.3, -0.25) is 0 Å². The number of nitrogens with two attached hydrogens (primary N) is 1. The van der Waals surface area contributed by atoms with Crippen LogP contribution in [0.1, 0.15) is 24.6 Å². The van der Waals surface area contributed by atoms with E-state index in [0.717, 1.165) is 5.76 Å². The second kappa shape index (κ2) is 4.18. The molecule has 0 aliphatic carbocycles. The van der Waals surface area contributed by atoms with Gasteiger partial charge in [0.15, 0.2) is 0 Å². The third kappa shape index (κ3) is 2.28. The number of anilines is 2. The number of nitrogen functional groups attached to an aromatic ring is 1. The molecule has 2 heterocycles. The van der Waals surface area contributed by atoms with Crippen molar-refractivity contribution in [2.24, 2.45) is 0 Å². The lowest BCUT2D eigenvalue weighted by molar-refractivity contribution is 0.453. The Bertz CT molecular complexity index is 482. The molecule has 2 aromatic rings. The first-order valence-electron chi connectivity index (χ1n) is 4.92. The highest BCUT2D eigenvalue weighted by Gasteiger charge is 2.12. The molecule has 0 bridgehead atoms. The summed E-state index contributed by atoms with van der Waals surface area (Å²) in [7, 11) is 0. The monoisotopic (exact) mass is 219 g/mol. The minimum Gasteiger partial charge on any atom is -0.444 e. The Labute approximate surface area is 92.9 Å².